The fraction of sp³-hybridized carbons (Fsp3) is 0.357. The fourth-order valence-electron chi connectivity index (χ4n) is 6.23. The van der Waals surface area contributed by atoms with Gasteiger partial charge >= 0.3 is 6.61 Å². The van der Waals surface area contributed by atoms with Crippen molar-refractivity contribution in [1.82, 2.24) is 24.7 Å². The van der Waals surface area contributed by atoms with Crippen LogP contribution in [0.2, 0.25) is 0 Å². The molecule has 3 aromatic heterocycles. The van der Waals surface area contributed by atoms with Gasteiger partial charge in [0.05, 0.1) is 23.4 Å². The number of halogens is 3. The molecule has 12 heteroatoms. The molecule has 4 aliphatic rings. The highest BCUT2D eigenvalue weighted by molar-refractivity contribution is 5.81. The number of aromatic nitrogens is 4. The van der Waals surface area contributed by atoms with Crippen LogP contribution in [0.15, 0.2) is 48.9 Å². The third-order valence-corrected chi connectivity index (χ3v) is 8.08. The van der Waals surface area contributed by atoms with Gasteiger partial charge in [0.1, 0.15) is 17.2 Å². The summed E-state index contributed by atoms with van der Waals surface area (Å²) in [6.45, 7) is -1.85. The molecule has 1 aliphatic carbocycles. The summed E-state index contributed by atoms with van der Waals surface area (Å²) in [4.78, 5) is 27.6. The van der Waals surface area contributed by atoms with Gasteiger partial charge in [0.15, 0.2) is 0 Å². The molecule has 0 spiro atoms. The number of fused-ring (bicyclic) bond motifs is 7. The summed E-state index contributed by atoms with van der Waals surface area (Å²) in [5, 5.41) is 13.8. The van der Waals surface area contributed by atoms with Crippen LogP contribution in [-0.2, 0) is 4.79 Å². The normalized spacial score (nSPS) is 23.9. The summed E-state index contributed by atoms with van der Waals surface area (Å²) >= 11 is 0. The van der Waals surface area contributed by atoms with E-state index in [1.165, 1.54) is 12.1 Å². The fourth-order valence-corrected chi connectivity index (χ4v) is 6.23. The average molecular weight is 551 g/mol. The van der Waals surface area contributed by atoms with Crippen molar-refractivity contribution in [1.29, 1.82) is 0 Å². The van der Waals surface area contributed by atoms with Crippen LogP contribution in [0.4, 0.5) is 19.1 Å². The van der Waals surface area contributed by atoms with E-state index in [1.807, 2.05) is 4.90 Å². The summed E-state index contributed by atoms with van der Waals surface area (Å²) in [5.74, 6) is -0.594. The molecule has 2 bridgehead atoms. The van der Waals surface area contributed by atoms with Gasteiger partial charge in [0, 0.05) is 66.4 Å². The van der Waals surface area contributed by atoms with E-state index in [0.29, 0.717) is 41.6 Å². The predicted molar refractivity (Wildman–Crippen MR) is 138 cm³/mol. The molecule has 0 saturated carbocycles. The minimum Gasteiger partial charge on any atom is -0.435 e. The van der Waals surface area contributed by atoms with Gasteiger partial charge < -0.3 is 24.5 Å². The first-order valence-corrected chi connectivity index (χ1v) is 13.2. The molecule has 3 fully saturated rings. The predicted octanol–water partition coefficient (Wildman–Crippen LogP) is 3.82. The Bertz CT molecular complexity index is 1610. The number of piperidine rings is 1. The van der Waals surface area contributed by atoms with Crippen molar-refractivity contribution in [3.05, 3.63) is 71.7 Å². The maximum absolute atomic E-state index is 15.3. The quantitative estimate of drug-likeness (QED) is 0.389. The maximum Gasteiger partial charge on any atom is 0.387 e. The first-order chi connectivity index (χ1) is 19.4. The molecule has 8 rings (SSSR count). The van der Waals surface area contributed by atoms with Gasteiger partial charge in [-0.3, -0.25) is 4.79 Å². The number of para-hydroxylation sites is 1. The lowest BCUT2D eigenvalue weighted by Crippen LogP contribution is -2.43. The van der Waals surface area contributed by atoms with Gasteiger partial charge in [-0.1, -0.05) is 18.2 Å². The first-order valence-electron chi connectivity index (χ1n) is 13.2. The first kappa shape index (κ1) is 24.8. The average Bonchev–Trinajstić information content (AvgIpc) is 3.30. The number of rotatable bonds is 5. The second kappa shape index (κ2) is 9.47. The Balaban J connectivity index is 1.25. The molecule has 40 heavy (non-hydrogen) atoms. The molecule has 6 heterocycles. The van der Waals surface area contributed by atoms with E-state index < -0.39 is 24.5 Å². The number of benzene rings is 1. The van der Waals surface area contributed by atoms with Gasteiger partial charge in [0.2, 0.25) is 11.9 Å². The number of carbonyl (C=O) groups is 1. The summed E-state index contributed by atoms with van der Waals surface area (Å²) in [6.07, 6.45) is 5.70. The van der Waals surface area contributed by atoms with E-state index >= 15 is 4.39 Å². The lowest BCUT2D eigenvalue weighted by atomic mass is 9.95. The lowest BCUT2D eigenvalue weighted by Gasteiger charge is -2.22. The highest BCUT2D eigenvalue weighted by Gasteiger charge is 2.38. The number of ether oxygens (including phenoxy) is 1. The summed E-state index contributed by atoms with van der Waals surface area (Å²) in [7, 11) is 0. The van der Waals surface area contributed by atoms with Crippen molar-refractivity contribution in [3.8, 4) is 16.9 Å². The minimum absolute atomic E-state index is 0.0164. The molecule has 9 nitrogen and oxygen atoms in total. The summed E-state index contributed by atoms with van der Waals surface area (Å²) < 4.78 is 48.0. The zero-order valence-corrected chi connectivity index (χ0v) is 21.2. The third kappa shape index (κ3) is 4.14. The van der Waals surface area contributed by atoms with Crippen LogP contribution in [0.1, 0.15) is 48.2 Å². The molecule has 2 unspecified atom stereocenters. The van der Waals surface area contributed by atoms with Gasteiger partial charge in [-0.2, -0.15) is 8.78 Å². The van der Waals surface area contributed by atoms with Crippen LogP contribution in [-0.4, -0.2) is 56.1 Å². The Kier molecular flexibility index (Phi) is 5.88. The van der Waals surface area contributed by atoms with Crippen LogP contribution in [0.3, 0.4) is 0 Å². The van der Waals surface area contributed by atoms with Crippen LogP contribution in [0, 0.1) is 11.7 Å². The van der Waals surface area contributed by atoms with E-state index in [9.17, 15) is 18.7 Å². The van der Waals surface area contributed by atoms with Gasteiger partial charge in [-0.15, -0.1) is 0 Å². The SMILES string of the molecule is O=C1NC2CCC1CN(c1ncc(-c3cn4c5c(nc4cc3F)[C@H](O)C[C@@H]5c3ccccc3OC(F)F)cn1)C2. The second-order valence-electron chi connectivity index (χ2n) is 10.5. The molecule has 4 atom stereocenters. The summed E-state index contributed by atoms with van der Waals surface area (Å²) in [5.41, 5.74) is 2.40. The number of aliphatic hydroxyl groups is 1. The second-order valence-corrected chi connectivity index (χ2v) is 10.5. The van der Waals surface area contributed by atoms with E-state index in [2.05, 4.69) is 20.3 Å². The van der Waals surface area contributed by atoms with Crippen LogP contribution >= 0.6 is 0 Å². The largest absolute Gasteiger partial charge is 0.435 e. The van der Waals surface area contributed by atoms with Crippen molar-refractivity contribution < 1.29 is 27.8 Å². The molecule has 3 aliphatic heterocycles. The standard InChI is InChI=1S/C28H25F3N6O3/c29-20-8-23-35-24-21(38)7-18(17-3-1-2-4-22(17)40-27(30)31)25(24)37(23)13-19(20)15-9-32-28(33-10-15)36-11-14-5-6-16(12-36)34-26(14)39/h1-4,8-10,13-14,16,18,21,27,38H,5-7,11-12H2,(H,34,39)/t14?,16?,18-,21-/m1/s1. The number of alkyl halides is 2. The maximum atomic E-state index is 15.3. The number of carbonyl (C=O) groups excluding carboxylic acids is 1. The monoisotopic (exact) mass is 550 g/mol. The third-order valence-electron chi connectivity index (χ3n) is 8.08. The molecular formula is C28H25F3N6O3. The molecule has 0 radical (unpaired) electrons. The van der Waals surface area contributed by atoms with Gasteiger partial charge in [-0.05, 0) is 25.3 Å². The molecule has 4 aromatic rings. The van der Waals surface area contributed by atoms with Crippen LogP contribution < -0.4 is 15.0 Å². The zero-order valence-electron chi connectivity index (χ0n) is 21.2. The number of pyridine rings is 1. The van der Waals surface area contributed by atoms with E-state index in [4.69, 9.17) is 4.74 Å². The number of aliphatic hydroxyl groups excluding tert-OH is 1. The smallest absolute Gasteiger partial charge is 0.387 e. The van der Waals surface area contributed by atoms with Crippen molar-refractivity contribution >= 4 is 17.5 Å². The van der Waals surface area contributed by atoms with Crippen molar-refractivity contribution in [2.45, 2.75) is 43.9 Å². The van der Waals surface area contributed by atoms with E-state index in [1.54, 1.807) is 41.2 Å². The Hall–Kier alpha value is -4.19. The van der Waals surface area contributed by atoms with Gasteiger partial charge in [0.25, 0.3) is 0 Å². The highest BCUT2D eigenvalue weighted by atomic mass is 19.3. The topological polar surface area (TPSA) is 105 Å². The number of nitrogens with zero attached hydrogens (tertiary/aromatic N) is 5. The van der Waals surface area contributed by atoms with Crippen LogP contribution in [0.5, 0.6) is 5.75 Å². The van der Waals surface area contributed by atoms with E-state index in [-0.39, 0.29) is 41.2 Å². The Morgan fingerprint density at radius 1 is 1.12 bits per heavy atom. The van der Waals surface area contributed by atoms with Crippen molar-refractivity contribution in [2.24, 2.45) is 5.92 Å². The number of imidazole rings is 1. The number of hydrogen-bond donors (Lipinski definition) is 2. The Labute approximate surface area is 226 Å². The summed E-state index contributed by atoms with van der Waals surface area (Å²) in [6, 6.07) is 7.78. The number of anilines is 1. The molecule has 1 aromatic carbocycles. The molecular weight excluding hydrogens is 525 g/mol. The zero-order chi connectivity index (χ0) is 27.5. The minimum atomic E-state index is -3.00. The Morgan fingerprint density at radius 3 is 2.70 bits per heavy atom. The molecule has 1 amide bonds. The van der Waals surface area contributed by atoms with E-state index in [0.717, 1.165) is 12.8 Å². The number of nitrogens with one attached hydrogen (secondary N) is 1. The number of amides is 1. The lowest BCUT2D eigenvalue weighted by molar-refractivity contribution is -0.126. The number of hydrogen-bond acceptors (Lipinski definition) is 7. The molecule has 3 saturated heterocycles. The van der Waals surface area contributed by atoms with Crippen molar-refractivity contribution in [3.63, 3.8) is 0 Å². The molecule has 2 N–H and O–H groups in total. The van der Waals surface area contributed by atoms with Crippen molar-refractivity contribution in [2.75, 3.05) is 18.0 Å². The van der Waals surface area contributed by atoms with Crippen LogP contribution in [0.25, 0.3) is 16.8 Å². The van der Waals surface area contributed by atoms with Gasteiger partial charge in [-0.25, -0.2) is 19.3 Å². The molecule has 206 valence electrons. The Morgan fingerprint density at radius 2 is 1.93 bits per heavy atom. The highest BCUT2D eigenvalue weighted by Crippen LogP contribution is 2.47.